The Morgan fingerprint density at radius 2 is 1.76 bits per heavy atom. The van der Waals surface area contributed by atoms with Crippen LogP contribution in [0.1, 0.15) is 23.6 Å². The molecule has 0 saturated carbocycles. The van der Waals surface area contributed by atoms with Crippen LogP contribution in [0.4, 0.5) is 4.39 Å². The Labute approximate surface area is 203 Å². The van der Waals surface area contributed by atoms with Crippen molar-refractivity contribution in [3.05, 3.63) is 112 Å². The minimum Gasteiger partial charge on any atom is -0.494 e. The van der Waals surface area contributed by atoms with E-state index in [1.807, 2.05) is 66.4 Å². The molecule has 4 aromatic rings. The Bertz CT molecular complexity index is 1320. The fourth-order valence-corrected chi connectivity index (χ4v) is 3.91. The predicted molar refractivity (Wildman–Crippen MR) is 137 cm³/mol. The second-order valence-electron chi connectivity index (χ2n) is 7.93. The van der Waals surface area contributed by atoms with Gasteiger partial charge in [0.15, 0.2) is 5.11 Å². The zero-order valence-corrected chi connectivity index (χ0v) is 19.7. The van der Waals surface area contributed by atoms with E-state index in [4.69, 9.17) is 17.0 Å². The van der Waals surface area contributed by atoms with E-state index >= 15 is 0 Å². The lowest BCUT2D eigenvalue weighted by Crippen LogP contribution is -2.39. The zero-order valence-electron chi connectivity index (χ0n) is 18.9. The van der Waals surface area contributed by atoms with Gasteiger partial charge in [-0.25, -0.2) is 4.39 Å². The third-order valence-electron chi connectivity index (χ3n) is 5.43. The molecule has 34 heavy (non-hydrogen) atoms. The number of nitrogens with one attached hydrogen (secondary N) is 2. The quantitative estimate of drug-likeness (QED) is 0.346. The number of aromatic nitrogens is 1. The lowest BCUT2D eigenvalue weighted by Gasteiger charge is -2.26. The van der Waals surface area contributed by atoms with Crippen LogP contribution in [-0.2, 0) is 19.6 Å². The van der Waals surface area contributed by atoms with Gasteiger partial charge in [0.05, 0.1) is 13.2 Å². The molecule has 0 bridgehead atoms. The average Bonchev–Trinajstić information content (AvgIpc) is 2.85. The maximum absolute atomic E-state index is 13.4. The van der Waals surface area contributed by atoms with Gasteiger partial charge < -0.3 is 19.9 Å². The monoisotopic (exact) mass is 475 g/mol. The summed E-state index contributed by atoms with van der Waals surface area (Å²) in [5.41, 5.74) is 3.13. The highest BCUT2D eigenvalue weighted by molar-refractivity contribution is 7.80. The molecule has 0 aliphatic heterocycles. The number of hydrogen-bond acceptors (Lipinski definition) is 3. The van der Waals surface area contributed by atoms with Crippen molar-refractivity contribution in [1.29, 1.82) is 0 Å². The standard InChI is InChI=1S/C27H26FN3O2S/c1-2-33-24-12-13-25-21(15-24)14-22(26(32)30-25)18-31(17-20-8-10-23(28)11-9-20)27(34)29-16-19-6-4-3-5-7-19/h3-15H,2,16-18H2,1H3,(H,29,34)(H,30,32). The van der Waals surface area contributed by atoms with Crippen LogP contribution in [0.5, 0.6) is 5.75 Å². The van der Waals surface area contributed by atoms with Crippen molar-refractivity contribution >= 4 is 28.2 Å². The van der Waals surface area contributed by atoms with Crippen molar-refractivity contribution in [2.45, 2.75) is 26.6 Å². The Morgan fingerprint density at radius 1 is 1.00 bits per heavy atom. The van der Waals surface area contributed by atoms with Crippen LogP contribution in [-0.4, -0.2) is 21.6 Å². The maximum atomic E-state index is 13.4. The first kappa shape index (κ1) is 23.4. The number of rotatable bonds is 8. The van der Waals surface area contributed by atoms with E-state index in [-0.39, 0.29) is 11.4 Å². The van der Waals surface area contributed by atoms with Crippen LogP contribution in [0.2, 0.25) is 0 Å². The van der Waals surface area contributed by atoms with Crippen molar-refractivity contribution in [3.8, 4) is 5.75 Å². The molecule has 1 heterocycles. The van der Waals surface area contributed by atoms with Crippen LogP contribution in [0, 0.1) is 5.82 Å². The Kier molecular flexibility index (Phi) is 7.54. The SMILES string of the molecule is CCOc1ccc2[nH]c(=O)c(CN(Cc3ccc(F)cc3)C(=S)NCc3ccccc3)cc2c1. The first-order valence-corrected chi connectivity index (χ1v) is 11.5. The van der Waals surface area contributed by atoms with E-state index in [1.54, 1.807) is 12.1 Å². The van der Waals surface area contributed by atoms with Crippen molar-refractivity contribution < 1.29 is 9.13 Å². The van der Waals surface area contributed by atoms with Crippen LogP contribution in [0.15, 0.2) is 83.7 Å². The van der Waals surface area contributed by atoms with Crippen LogP contribution < -0.4 is 15.6 Å². The minimum atomic E-state index is -0.295. The first-order valence-electron chi connectivity index (χ1n) is 11.1. The third kappa shape index (κ3) is 5.99. The summed E-state index contributed by atoms with van der Waals surface area (Å²) in [6.45, 7) is 3.78. The second-order valence-corrected chi connectivity index (χ2v) is 8.32. The topological polar surface area (TPSA) is 57.4 Å². The van der Waals surface area contributed by atoms with Gasteiger partial charge in [-0.15, -0.1) is 0 Å². The molecule has 0 saturated heterocycles. The largest absolute Gasteiger partial charge is 0.494 e. The van der Waals surface area contributed by atoms with Crippen molar-refractivity contribution in [1.82, 2.24) is 15.2 Å². The number of H-pyrrole nitrogens is 1. The van der Waals surface area contributed by atoms with Gasteiger partial charge in [-0.1, -0.05) is 42.5 Å². The molecule has 0 spiro atoms. The van der Waals surface area contributed by atoms with Gasteiger partial charge in [-0.05, 0) is 66.7 Å². The van der Waals surface area contributed by atoms with Gasteiger partial charge >= 0.3 is 0 Å². The highest BCUT2D eigenvalue weighted by Crippen LogP contribution is 2.20. The predicted octanol–water partition coefficient (Wildman–Crippen LogP) is 5.14. The fourth-order valence-electron chi connectivity index (χ4n) is 3.70. The molecule has 0 radical (unpaired) electrons. The number of benzene rings is 3. The average molecular weight is 476 g/mol. The molecule has 0 unspecified atom stereocenters. The molecule has 2 N–H and O–H groups in total. The Hall–Kier alpha value is -3.71. The molecular formula is C27H26FN3O2S. The third-order valence-corrected chi connectivity index (χ3v) is 5.83. The van der Waals surface area contributed by atoms with E-state index in [0.29, 0.717) is 36.9 Å². The van der Waals surface area contributed by atoms with E-state index in [2.05, 4.69) is 10.3 Å². The van der Waals surface area contributed by atoms with Gasteiger partial charge in [-0.3, -0.25) is 4.79 Å². The molecule has 4 rings (SSSR count). The molecule has 0 aliphatic rings. The number of thiocarbonyl (C=S) groups is 1. The van der Waals surface area contributed by atoms with Crippen LogP contribution in [0.25, 0.3) is 10.9 Å². The summed E-state index contributed by atoms with van der Waals surface area (Å²) in [4.78, 5) is 17.7. The molecule has 0 amide bonds. The molecule has 5 nitrogen and oxygen atoms in total. The summed E-state index contributed by atoms with van der Waals surface area (Å²) in [5, 5.41) is 4.67. The van der Waals surface area contributed by atoms with E-state index in [9.17, 15) is 9.18 Å². The number of fused-ring (bicyclic) bond motifs is 1. The smallest absolute Gasteiger partial charge is 0.253 e. The van der Waals surface area contributed by atoms with Gasteiger partial charge in [0.2, 0.25) is 0 Å². The molecule has 3 aromatic carbocycles. The number of hydrogen-bond donors (Lipinski definition) is 2. The number of aromatic amines is 1. The number of nitrogens with zero attached hydrogens (tertiary/aromatic N) is 1. The van der Waals surface area contributed by atoms with Gasteiger partial charge in [0.1, 0.15) is 11.6 Å². The van der Waals surface area contributed by atoms with Gasteiger partial charge in [0, 0.05) is 29.6 Å². The molecule has 0 fully saturated rings. The zero-order chi connectivity index (χ0) is 23.9. The van der Waals surface area contributed by atoms with Crippen LogP contribution in [0.3, 0.4) is 0 Å². The Morgan fingerprint density at radius 3 is 2.50 bits per heavy atom. The summed E-state index contributed by atoms with van der Waals surface area (Å²) in [7, 11) is 0. The summed E-state index contributed by atoms with van der Waals surface area (Å²) in [6.07, 6.45) is 0. The first-order chi connectivity index (χ1) is 16.5. The molecule has 7 heteroatoms. The molecular weight excluding hydrogens is 449 g/mol. The number of halogens is 1. The van der Waals surface area contributed by atoms with Gasteiger partial charge in [-0.2, -0.15) is 0 Å². The number of pyridine rings is 1. The highest BCUT2D eigenvalue weighted by atomic mass is 32.1. The fraction of sp³-hybridized carbons (Fsp3) is 0.185. The van der Waals surface area contributed by atoms with Gasteiger partial charge in [0.25, 0.3) is 5.56 Å². The molecule has 1 aromatic heterocycles. The van der Waals surface area contributed by atoms with Crippen molar-refractivity contribution in [3.63, 3.8) is 0 Å². The lowest BCUT2D eigenvalue weighted by molar-refractivity contribution is 0.340. The minimum absolute atomic E-state index is 0.174. The molecule has 0 aliphatic carbocycles. The second kappa shape index (κ2) is 10.9. The molecule has 174 valence electrons. The summed E-state index contributed by atoms with van der Waals surface area (Å²) in [5.74, 6) is 0.451. The van der Waals surface area contributed by atoms with E-state index < -0.39 is 0 Å². The number of ether oxygens (including phenoxy) is 1. The maximum Gasteiger partial charge on any atom is 0.253 e. The van der Waals surface area contributed by atoms with E-state index in [0.717, 1.165) is 27.8 Å². The summed E-state index contributed by atoms with van der Waals surface area (Å²) >= 11 is 5.70. The Balaban J connectivity index is 1.60. The summed E-state index contributed by atoms with van der Waals surface area (Å²) in [6, 6.07) is 23.7. The summed E-state index contributed by atoms with van der Waals surface area (Å²) < 4.78 is 19.0. The molecule has 0 atom stereocenters. The lowest BCUT2D eigenvalue weighted by atomic mass is 10.1. The van der Waals surface area contributed by atoms with E-state index in [1.165, 1.54) is 12.1 Å². The van der Waals surface area contributed by atoms with Crippen molar-refractivity contribution in [2.24, 2.45) is 0 Å². The highest BCUT2D eigenvalue weighted by Gasteiger charge is 2.15. The van der Waals surface area contributed by atoms with Crippen LogP contribution >= 0.6 is 12.2 Å². The normalized spacial score (nSPS) is 10.8. The van der Waals surface area contributed by atoms with Crippen molar-refractivity contribution in [2.75, 3.05) is 6.61 Å².